The average molecular weight is 402 g/mol. The third-order valence-electron chi connectivity index (χ3n) is 4.93. The first-order valence-electron chi connectivity index (χ1n) is 9.95. The molecule has 0 saturated carbocycles. The summed E-state index contributed by atoms with van der Waals surface area (Å²) in [7, 11) is 0. The van der Waals surface area contributed by atoms with E-state index in [0.717, 1.165) is 34.1 Å². The fraction of sp³-hybridized carbons (Fsp3) is 0.261. The molecule has 30 heavy (non-hydrogen) atoms. The molecule has 3 heterocycles. The van der Waals surface area contributed by atoms with Gasteiger partial charge in [0.1, 0.15) is 0 Å². The molecule has 0 atom stereocenters. The van der Waals surface area contributed by atoms with Crippen molar-refractivity contribution in [1.29, 1.82) is 0 Å². The molecule has 4 aromatic rings. The van der Waals surface area contributed by atoms with Crippen molar-refractivity contribution in [2.24, 2.45) is 0 Å². The highest BCUT2D eigenvalue weighted by Gasteiger charge is 2.18. The van der Waals surface area contributed by atoms with Crippen LogP contribution >= 0.6 is 0 Å². The number of benzene rings is 1. The molecule has 152 valence electrons. The van der Waals surface area contributed by atoms with E-state index in [2.05, 4.69) is 20.1 Å². The minimum absolute atomic E-state index is 0.265. The van der Waals surface area contributed by atoms with Crippen molar-refractivity contribution in [3.8, 4) is 11.4 Å². The topological polar surface area (TPSA) is 91.0 Å². The molecular formula is C23H22N4O3. The average Bonchev–Trinajstić information content (AvgIpc) is 3.26. The van der Waals surface area contributed by atoms with Gasteiger partial charge in [-0.2, -0.15) is 4.98 Å². The zero-order valence-corrected chi connectivity index (χ0v) is 17.0. The summed E-state index contributed by atoms with van der Waals surface area (Å²) in [6.07, 6.45) is 5.24. The van der Waals surface area contributed by atoms with Gasteiger partial charge in [0, 0.05) is 35.5 Å². The summed E-state index contributed by atoms with van der Waals surface area (Å²) < 4.78 is 10.8. The molecule has 0 fully saturated rings. The van der Waals surface area contributed by atoms with Crippen LogP contribution in [-0.2, 0) is 17.6 Å². The zero-order valence-electron chi connectivity index (χ0n) is 17.0. The fourth-order valence-corrected chi connectivity index (χ4v) is 3.39. The molecular weight excluding hydrogens is 380 g/mol. The van der Waals surface area contributed by atoms with E-state index in [9.17, 15) is 4.79 Å². The fourth-order valence-electron chi connectivity index (χ4n) is 3.39. The Morgan fingerprint density at radius 1 is 1.13 bits per heavy atom. The Kier molecular flexibility index (Phi) is 5.79. The summed E-state index contributed by atoms with van der Waals surface area (Å²) in [4.78, 5) is 25.9. The second kappa shape index (κ2) is 8.82. The van der Waals surface area contributed by atoms with E-state index in [1.165, 1.54) is 0 Å². The van der Waals surface area contributed by atoms with Gasteiger partial charge in [-0.3, -0.25) is 9.97 Å². The first-order valence-corrected chi connectivity index (χ1v) is 9.95. The molecule has 0 spiro atoms. The minimum Gasteiger partial charge on any atom is -0.462 e. The summed E-state index contributed by atoms with van der Waals surface area (Å²) in [5.41, 5.74) is 3.98. The number of hydrogen-bond donors (Lipinski definition) is 0. The van der Waals surface area contributed by atoms with Crippen LogP contribution in [0.5, 0.6) is 0 Å². The molecule has 7 heteroatoms. The van der Waals surface area contributed by atoms with Crippen LogP contribution < -0.4 is 0 Å². The van der Waals surface area contributed by atoms with Crippen LogP contribution in [0.3, 0.4) is 0 Å². The van der Waals surface area contributed by atoms with Crippen LogP contribution in [0.2, 0.25) is 0 Å². The van der Waals surface area contributed by atoms with Gasteiger partial charge in [0.05, 0.1) is 17.7 Å². The molecule has 0 unspecified atom stereocenters. The van der Waals surface area contributed by atoms with Crippen molar-refractivity contribution in [3.05, 3.63) is 71.5 Å². The van der Waals surface area contributed by atoms with Gasteiger partial charge in [0.2, 0.25) is 11.7 Å². The van der Waals surface area contributed by atoms with Crippen LogP contribution in [0.25, 0.3) is 22.3 Å². The predicted octanol–water partition coefficient (Wildman–Crippen LogP) is 4.34. The predicted molar refractivity (Wildman–Crippen MR) is 112 cm³/mol. The Morgan fingerprint density at radius 3 is 2.80 bits per heavy atom. The van der Waals surface area contributed by atoms with E-state index in [-0.39, 0.29) is 12.6 Å². The lowest BCUT2D eigenvalue weighted by molar-refractivity contribution is 0.0499. The highest BCUT2D eigenvalue weighted by atomic mass is 16.5. The molecule has 0 aliphatic rings. The second-order valence-corrected chi connectivity index (χ2v) is 6.92. The maximum absolute atomic E-state index is 12.8. The number of aromatic nitrogens is 4. The lowest BCUT2D eigenvalue weighted by Gasteiger charge is -2.13. The molecule has 0 radical (unpaired) electrons. The first kappa shape index (κ1) is 19.7. The molecule has 0 saturated heterocycles. The molecule has 3 aromatic heterocycles. The Hall–Kier alpha value is -3.61. The molecule has 1 aromatic carbocycles. The van der Waals surface area contributed by atoms with Gasteiger partial charge in [-0.05, 0) is 43.5 Å². The van der Waals surface area contributed by atoms with Crippen LogP contribution in [0.15, 0.2) is 53.3 Å². The number of fused-ring (bicyclic) bond motifs is 1. The van der Waals surface area contributed by atoms with Crippen molar-refractivity contribution in [3.63, 3.8) is 0 Å². The smallest absolute Gasteiger partial charge is 0.339 e. The van der Waals surface area contributed by atoms with E-state index in [1.54, 1.807) is 12.4 Å². The number of carbonyl (C=O) groups is 1. The lowest BCUT2D eigenvalue weighted by atomic mass is 10.0. The Balaban J connectivity index is 1.40. The maximum atomic E-state index is 12.8. The number of rotatable bonds is 7. The molecule has 4 rings (SSSR count). The van der Waals surface area contributed by atoms with E-state index in [4.69, 9.17) is 9.26 Å². The van der Waals surface area contributed by atoms with Crippen LogP contribution in [0, 0.1) is 6.92 Å². The molecule has 0 bridgehead atoms. The number of aryl methyl sites for hydroxylation is 2. The van der Waals surface area contributed by atoms with Gasteiger partial charge in [-0.1, -0.05) is 30.3 Å². The number of carbonyl (C=O) groups excluding carboxylic acids is 1. The number of esters is 1. The number of ether oxygens (including phenoxy) is 1. The van der Waals surface area contributed by atoms with E-state index < -0.39 is 0 Å². The monoisotopic (exact) mass is 402 g/mol. The standard InChI is InChI=1S/C23H22N4O3/c1-3-18-15(2)21(17-9-4-5-10-19(17)25-18)23(28)29-13-7-11-20-26-22(27-30-20)16-8-6-12-24-14-16/h4-6,8-10,12,14H,3,7,11,13H2,1-2H3. The van der Waals surface area contributed by atoms with Crippen molar-refractivity contribution in [2.75, 3.05) is 6.61 Å². The van der Waals surface area contributed by atoms with E-state index >= 15 is 0 Å². The Labute approximate surface area is 174 Å². The normalized spacial score (nSPS) is 11.0. The molecule has 0 N–H and O–H groups in total. The van der Waals surface area contributed by atoms with Gasteiger partial charge in [0.15, 0.2) is 0 Å². The Bertz CT molecular complexity index is 1170. The SMILES string of the molecule is CCc1nc2ccccc2c(C(=O)OCCCc2nc(-c3cccnc3)no2)c1C. The highest BCUT2D eigenvalue weighted by molar-refractivity contribution is 6.05. The van der Waals surface area contributed by atoms with Gasteiger partial charge >= 0.3 is 5.97 Å². The molecule has 0 aliphatic carbocycles. The van der Waals surface area contributed by atoms with Gasteiger partial charge in [-0.15, -0.1) is 0 Å². The third-order valence-corrected chi connectivity index (χ3v) is 4.93. The van der Waals surface area contributed by atoms with Gasteiger partial charge in [-0.25, -0.2) is 4.79 Å². The number of para-hydroxylation sites is 1. The Morgan fingerprint density at radius 2 is 2.00 bits per heavy atom. The lowest BCUT2D eigenvalue weighted by Crippen LogP contribution is -2.12. The number of hydrogen-bond acceptors (Lipinski definition) is 7. The van der Waals surface area contributed by atoms with Crippen LogP contribution in [-0.4, -0.2) is 32.7 Å². The van der Waals surface area contributed by atoms with E-state index in [1.807, 2.05) is 50.2 Å². The first-order chi connectivity index (χ1) is 14.7. The number of nitrogens with zero attached hydrogens (tertiary/aromatic N) is 4. The van der Waals surface area contributed by atoms with Crippen molar-refractivity contribution >= 4 is 16.9 Å². The molecule has 0 aliphatic heterocycles. The van der Waals surface area contributed by atoms with Gasteiger partial charge in [0.25, 0.3) is 0 Å². The number of pyridine rings is 2. The summed E-state index contributed by atoms with van der Waals surface area (Å²) in [6.45, 7) is 4.22. The quantitative estimate of drug-likeness (QED) is 0.335. The summed E-state index contributed by atoms with van der Waals surface area (Å²) in [5.74, 6) is 0.673. The second-order valence-electron chi connectivity index (χ2n) is 6.92. The highest BCUT2D eigenvalue weighted by Crippen LogP contribution is 2.24. The van der Waals surface area contributed by atoms with Crippen molar-refractivity contribution in [1.82, 2.24) is 20.1 Å². The van der Waals surface area contributed by atoms with E-state index in [0.29, 0.717) is 30.1 Å². The minimum atomic E-state index is -0.331. The largest absolute Gasteiger partial charge is 0.462 e. The van der Waals surface area contributed by atoms with Crippen molar-refractivity contribution in [2.45, 2.75) is 33.1 Å². The van der Waals surface area contributed by atoms with Crippen LogP contribution in [0.1, 0.15) is 40.9 Å². The summed E-state index contributed by atoms with van der Waals surface area (Å²) in [5, 5.41) is 4.79. The molecule has 0 amide bonds. The molecule has 7 nitrogen and oxygen atoms in total. The summed E-state index contributed by atoms with van der Waals surface area (Å²) in [6, 6.07) is 11.3. The van der Waals surface area contributed by atoms with Crippen molar-refractivity contribution < 1.29 is 14.1 Å². The summed E-state index contributed by atoms with van der Waals surface area (Å²) >= 11 is 0. The third kappa shape index (κ3) is 4.05. The maximum Gasteiger partial charge on any atom is 0.339 e. The van der Waals surface area contributed by atoms with Crippen LogP contribution in [0.4, 0.5) is 0 Å². The van der Waals surface area contributed by atoms with Gasteiger partial charge < -0.3 is 9.26 Å². The zero-order chi connectivity index (χ0) is 20.9.